The van der Waals surface area contributed by atoms with Crippen LogP contribution in [0.2, 0.25) is 11.6 Å². The van der Waals surface area contributed by atoms with E-state index in [4.69, 9.17) is 0 Å². The van der Waals surface area contributed by atoms with Crippen molar-refractivity contribution < 1.29 is 0 Å². The third kappa shape index (κ3) is 8.29. The fourth-order valence-electron chi connectivity index (χ4n) is 14.6. The predicted molar refractivity (Wildman–Crippen MR) is 295 cm³/mol. The van der Waals surface area contributed by atoms with Crippen LogP contribution in [0.4, 0.5) is 0 Å². The molecule has 68 heavy (non-hydrogen) atoms. The number of rotatable bonds is 10. The van der Waals surface area contributed by atoms with Gasteiger partial charge < -0.3 is 0 Å². The van der Waals surface area contributed by atoms with Gasteiger partial charge in [0.25, 0.3) is 0 Å². The van der Waals surface area contributed by atoms with Gasteiger partial charge in [0.1, 0.15) is 0 Å². The minimum atomic E-state index is -1.09. The Labute approximate surface area is 412 Å². The molecule has 0 aliphatic heterocycles. The second kappa shape index (κ2) is 17.9. The first kappa shape index (κ1) is 46.5. The number of hydrogen-bond donors (Lipinski definition) is 0. The molecule has 0 spiro atoms. The minimum Gasteiger partial charge on any atom is -0.0664 e. The zero-order chi connectivity index (χ0) is 47.8. The lowest BCUT2D eigenvalue weighted by molar-refractivity contribution is 0.0276. The van der Waals surface area contributed by atoms with Gasteiger partial charge in [0, 0.05) is 0 Å². The van der Waals surface area contributed by atoms with Crippen LogP contribution in [-0.4, -0.2) is 8.80 Å². The molecule has 1 radical (unpaired) electrons. The van der Waals surface area contributed by atoms with Gasteiger partial charge in [-0.1, -0.05) is 154 Å². The lowest BCUT2D eigenvalue weighted by Gasteiger charge is -2.59. The molecule has 11 rings (SSSR count). The van der Waals surface area contributed by atoms with Gasteiger partial charge in [-0.15, -0.1) is 0 Å². The quantitative estimate of drug-likeness (QED) is 0.120. The molecule has 4 saturated carbocycles. The summed E-state index contributed by atoms with van der Waals surface area (Å²) in [5.41, 5.74) is 29.5. The van der Waals surface area contributed by atoms with Crippen LogP contribution in [-0.2, 0) is 18.3 Å². The summed E-state index contributed by atoms with van der Waals surface area (Å²) in [6.07, 6.45) is 10.5. The summed E-state index contributed by atoms with van der Waals surface area (Å²) in [6, 6.07) is 47.5. The van der Waals surface area contributed by atoms with Gasteiger partial charge in [0.05, 0.1) is 8.80 Å². The lowest BCUT2D eigenvalue weighted by atomic mass is 9.56. The minimum absolute atomic E-state index is 0.0352. The van der Waals surface area contributed by atoms with Gasteiger partial charge in [-0.25, -0.2) is 0 Å². The Morgan fingerprint density at radius 2 is 0.691 bits per heavy atom. The van der Waals surface area contributed by atoms with Crippen molar-refractivity contribution >= 4 is 14.0 Å². The lowest BCUT2D eigenvalue weighted by Crippen LogP contribution is -2.53. The van der Waals surface area contributed by atoms with Crippen LogP contribution in [0.15, 0.2) is 121 Å². The fourth-order valence-corrected chi connectivity index (χ4v) is 18.2. The molecule has 4 fully saturated rings. The molecule has 0 nitrogen and oxygen atoms in total. The Balaban J connectivity index is 1.29. The molecule has 4 bridgehead atoms. The van der Waals surface area contributed by atoms with E-state index in [9.17, 15) is 0 Å². The maximum atomic E-state index is 2.81. The Morgan fingerprint density at radius 1 is 0.426 bits per heavy atom. The van der Waals surface area contributed by atoms with Gasteiger partial charge >= 0.3 is 0 Å². The van der Waals surface area contributed by atoms with Gasteiger partial charge in [0.15, 0.2) is 0 Å². The number of hydrogen-bond acceptors (Lipinski definition) is 0. The van der Waals surface area contributed by atoms with Crippen LogP contribution in [0.5, 0.6) is 0 Å². The van der Waals surface area contributed by atoms with Crippen molar-refractivity contribution in [3.8, 4) is 44.5 Å². The maximum absolute atomic E-state index is 2.81. The van der Waals surface area contributed by atoms with Crippen LogP contribution in [0, 0.1) is 73.1 Å². The average Bonchev–Trinajstić information content (AvgIpc) is 3.27. The molecule has 0 heterocycles. The summed E-state index contributed by atoms with van der Waals surface area (Å²) in [4.78, 5) is 0. The Hall–Kier alpha value is -5.24. The van der Waals surface area contributed by atoms with Crippen molar-refractivity contribution in [1.82, 2.24) is 0 Å². The molecule has 1 heteroatoms. The normalized spacial score (nSPS) is 19.9. The van der Waals surface area contributed by atoms with Crippen molar-refractivity contribution in [2.24, 2.45) is 17.8 Å². The van der Waals surface area contributed by atoms with E-state index in [0.29, 0.717) is 5.04 Å². The second-order valence-electron chi connectivity index (χ2n) is 23.3. The Bertz CT molecular complexity index is 2650. The van der Waals surface area contributed by atoms with Crippen molar-refractivity contribution in [1.29, 1.82) is 0 Å². The van der Waals surface area contributed by atoms with Crippen LogP contribution < -0.4 is 5.19 Å². The molecule has 0 saturated heterocycles. The molecule has 0 aromatic heterocycles. The molecule has 347 valence electrons. The highest BCUT2D eigenvalue weighted by atomic mass is 28.3. The summed E-state index contributed by atoms with van der Waals surface area (Å²) in [5.74, 6) is 2.72. The van der Waals surface area contributed by atoms with Crippen LogP contribution >= 0.6 is 0 Å². The van der Waals surface area contributed by atoms with Gasteiger partial charge in [0.2, 0.25) is 0 Å². The van der Waals surface area contributed by atoms with E-state index in [1.807, 2.05) is 0 Å². The standard InChI is InChI=1S/C67H75Si/c1-41-19-13-20-42(2)61(41)55-27-17-28-56(62-43(3)21-14-22-44(62)4)59(55)36-52-34-54(66(9,10)11)35-53(65(52)68(12)67-38-49-31-50(39-67)33-51(32-49)40-67)37-60-57(63-45(5)23-15-24-46(63)6)29-18-30-58(60)64-47(7)25-16-26-48(64)8/h13-30,34-35,49-51H,31-33,36-40H2,1-12H3. The van der Waals surface area contributed by atoms with Crippen molar-refractivity contribution in [2.75, 3.05) is 0 Å². The van der Waals surface area contributed by atoms with Crippen molar-refractivity contribution in [2.45, 2.75) is 145 Å². The van der Waals surface area contributed by atoms with E-state index >= 15 is 0 Å². The summed E-state index contributed by atoms with van der Waals surface area (Å²) < 4.78 is 0. The molecule has 0 N–H and O–H groups in total. The van der Waals surface area contributed by atoms with Crippen LogP contribution in [0.1, 0.15) is 132 Å². The third-order valence-corrected chi connectivity index (χ3v) is 21.1. The largest absolute Gasteiger partial charge is 0.0897 e. The molecular formula is C67H75Si. The van der Waals surface area contributed by atoms with Crippen LogP contribution in [0.25, 0.3) is 44.5 Å². The zero-order valence-electron chi connectivity index (χ0n) is 43.4. The van der Waals surface area contributed by atoms with E-state index in [2.05, 4.69) is 204 Å². The molecule has 4 aliphatic carbocycles. The van der Waals surface area contributed by atoms with E-state index < -0.39 is 8.80 Å². The Kier molecular flexibility index (Phi) is 12.3. The molecule has 0 amide bonds. The smallest absolute Gasteiger partial charge is 0.0664 e. The highest BCUT2D eigenvalue weighted by Gasteiger charge is 2.54. The van der Waals surface area contributed by atoms with Crippen molar-refractivity contribution in [3.05, 3.63) is 194 Å². The molecule has 0 unspecified atom stereocenters. The third-order valence-electron chi connectivity index (χ3n) is 17.5. The molecule has 4 aliphatic rings. The Morgan fingerprint density at radius 3 is 0.956 bits per heavy atom. The summed E-state index contributed by atoms with van der Waals surface area (Å²) in [6.45, 7) is 28.7. The number of benzene rings is 7. The molecule has 7 aromatic rings. The zero-order valence-corrected chi connectivity index (χ0v) is 44.4. The highest BCUT2D eigenvalue weighted by Crippen LogP contribution is 2.65. The first-order chi connectivity index (χ1) is 32.5. The van der Waals surface area contributed by atoms with E-state index in [1.165, 1.54) is 144 Å². The summed E-state index contributed by atoms with van der Waals surface area (Å²) in [5, 5.41) is 2.17. The van der Waals surface area contributed by atoms with E-state index in [1.54, 1.807) is 16.3 Å². The summed E-state index contributed by atoms with van der Waals surface area (Å²) in [7, 11) is -1.09. The van der Waals surface area contributed by atoms with Crippen LogP contribution in [0.3, 0.4) is 0 Å². The van der Waals surface area contributed by atoms with Gasteiger partial charge in [-0.2, -0.15) is 0 Å². The molecule has 7 aromatic carbocycles. The second-order valence-corrected chi connectivity index (χ2v) is 26.1. The topological polar surface area (TPSA) is 0 Å². The first-order valence-electron chi connectivity index (χ1n) is 26.0. The number of aryl methyl sites for hydroxylation is 8. The van der Waals surface area contributed by atoms with Gasteiger partial charge in [-0.3, -0.25) is 0 Å². The molecular weight excluding hydrogens is 833 g/mol. The monoisotopic (exact) mass is 908 g/mol. The summed E-state index contributed by atoms with van der Waals surface area (Å²) >= 11 is 0. The fraction of sp³-hybridized carbons (Fsp3) is 0.373. The van der Waals surface area contributed by atoms with Crippen molar-refractivity contribution in [3.63, 3.8) is 0 Å². The van der Waals surface area contributed by atoms with E-state index in [-0.39, 0.29) is 5.41 Å². The molecule has 0 atom stereocenters. The van der Waals surface area contributed by atoms with Gasteiger partial charge in [-0.05, 0) is 252 Å². The maximum Gasteiger partial charge on any atom is 0.0897 e. The predicted octanol–water partition coefficient (Wildman–Crippen LogP) is 17.6. The van der Waals surface area contributed by atoms with E-state index in [0.717, 1.165) is 30.6 Å². The average molecular weight is 908 g/mol. The first-order valence-corrected chi connectivity index (χ1v) is 28.0. The highest BCUT2D eigenvalue weighted by molar-refractivity contribution is 6.76. The SMILES string of the molecule is Cc1cccc(C)c1-c1cccc(-c2c(C)cccc2C)c1Cc1cc(C(C)(C)C)cc(Cc2c(-c3c(C)cccc3C)cccc2-c2c(C)cccc2C)c1[Si](C)C12CC3CC(CC(C3)C1)C2.